The topological polar surface area (TPSA) is 39.1 Å². The SMILES string of the molecule is COCCNCc1ccn(-c2ccc(C)c(Br)c2)n1. The van der Waals surface area contributed by atoms with Crippen LogP contribution < -0.4 is 5.32 Å². The summed E-state index contributed by atoms with van der Waals surface area (Å²) in [6.45, 7) is 4.37. The molecular formula is C14H18BrN3O. The summed E-state index contributed by atoms with van der Waals surface area (Å²) >= 11 is 3.54. The Bertz CT molecular complexity index is 539. The van der Waals surface area contributed by atoms with Crippen molar-refractivity contribution in [1.29, 1.82) is 0 Å². The Kier molecular flexibility index (Phi) is 5.13. The van der Waals surface area contributed by atoms with Crippen molar-refractivity contribution in [2.75, 3.05) is 20.3 Å². The summed E-state index contributed by atoms with van der Waals surface area (Å²) in [4.78, 5) is 0. The lowest BCUT2D eigenvalue weighted by Gasteiger charge is -2.04. The van der Waals surface area contributed by atoms with Crippen LogP contribution in [0.5, 0.6) is 0 Å². The molecule has 4 nitrogen and oxygen atoms in total. The number of methoxy groups -OCH3 is 1. The third-order valence-corrected chi connectivity index (χ3v) is 3.71. The first-order chi connectivity index (χ1) is 9.20. The number of ether oxygens (including phenoxy) is 1. The molecule has 1 heterocycles. The molecule has 5 heteroatoms. The zero-order valence-corrected chi connectivity index (χ0v) is 12.8. The first kappa shape index (κ1) is 14.2. The van der Waals surface area contributed by atoms with E-state index in [0.29, 0.717) is 6.61 Å². The van der Waals surface area contributed by atoms with Crippen LogP contribution in [0.1, 0.15) is 11.3 Å². The van der Waals surface area contributed by atoms with Crippen LogP contribution in [0.15, 0.2) is 34.9 Å². The lowest BCUT2D eigenvalue weighted by Crippen LogP contribution is -2.18. The molecule has 0 amide bonds. The van der Waals surface area contributed by atoms with Gasteiger partial charge in [-0.05, 0) is 30.7 Å². The maximum atomic E-state index is 4.99. The third-order valence-electron chi connectivity index (χ3n) is 2.85. The molecule has 1 aromatic heterocycles. The number of halogens is 1. The van der Waals surface area contributed by atoms with Gasteiger partial charge in [0, 0.05) is 30.9 Å². The van der Waals surface area contributed by atoms with Crippen LogP contribution in [0.2, 0.25) is 0 Å². The molecule has 2 aromatic rings. The van der Waals surface area contributed by atoms with Crippen LogP contribution in [-0.4, -0.2) is 30.0 Å². The van der Waals surface area contributed by atoms with Crippen LogP contribution in [0, 0.1) is 6.92 Å². The Hall–Kier alpha value is -1.17. The van der Waals surface area contributed by atoms with Gasteiger partial charge in [0.1, 0.15) is 0 Å². The summed E-state index contributed by atoms with van der Waals surface area (Å²) in [5.41, 5.74) is 3.30. The van der Waals surface area contributed by atoms with E-state index >= 15 is 0 Å². The van der Waals surface area contributed by atoms with Crippen molar-refractivity contribution >= 4 is 15.9 Å². The average molecular weight is 324 g/mol. The predicted octanol–water partition coefficient (Wildman–Crippen LogP) is 2.68. The number of benzene rings is 1. The molecule has 0 fully saturated rings. The van der Waals surface area contributed by atoms with Crippen LogP contribution in [-0.2, 0) is 11.3 Å². The zero-order chi connectivity index (χ0) is 13.7. The number of rotatable bonds is 6. The fraction of sp³-hybridized carbons (Fsp3) is 0.357. The number of nitrogens with one attached hydrogen (secondary N) is 1. The van der Waals surface area contributed by atoms with Gasteiger partial charge < -0.3 is 10.1 Å². The largest absolute Gasteiger partial charge is 0.383 e. The number of hydrogen-bond donors (Lipinski definition) is 1. The minimum atomic E-state index is 0.714. The van der Waals surface area contributed by atoms with E-state index in [1.807, 2.05) is 16.9 Å². The van der Waals surface area contributed by atoms with E-state index in [2.05, 4.69) is 51.5 Å². The van der Waals surface area contributed by atoms with Crippen molar-refractivity contribution in [3.05, 3.63) is 46.2 Å². The lowest BCUT2D eigenvalue weighted by atomic mass is 10.2. The highest BCUT2D eigenvalue weighted by Crippen LogP contribution is 2.19. The Labute approximate surface area is 121 Å². The minimum Gasteiger partial charge on any atom is -0.383 e. The Morgan fingerprint density at radius 2 is 2.21 bits per heavy atom. The van der Waals surface area contributed by atoms with Crippen molar-refractivity contribution < 1.29 is 4.74 Å². The highest BCUT2D eigenvalue weighted by molar-refractivity contribution is 9.10. The van der Waals surface area contributed by atoms with Gasteiger partial charge >= 0.3 is 0 Å². The van der Waals surface area contributed by atoms with Crippen molar-refractivity contribution in [1.82, 2.24) is 15.1 Å². The summed E-state index contributed by atoms with van der Waals surface area (Å²) in [6.07, 6.45) is 1.98. The number of aryl methyl sites for hydroxylation is 1. The number of nitrogens with zero attached hydrogens (tertiary/aromatic N) is 2. The van der Waals surface area contributed by atoms with E-state index in [0.717, 1.165) is 28.9 Å². The zero-order valence-electron chi connectivity index (χ0n) is 11.2. The summed E-state index contributed by atoms with van der Waals surface area (Å²) in [5.74, 6) is 0. The van der Waals surface area contributed by atoms with Gasteiger partial charge in [0.25, 0.3) is 0 Å². The van der Waals surface area contributed by atoms with Gasteiger partial charge in [-0.15, -0.1) is 0 Å². The second-order valence-corrected chi connectivity index (χ2v) is 5.21. The van der Waals surface area contributed by atoms with Crippen molar-refractivity contribution in [3.8, 4) is 5.69 Å². The van der Waals surface area contributed by atoms with Crippen molar-refractivity contribution in [2.45, 2.75) is 13.5 Å². The molecule has 0 radical (unpaired) electrons. The van der Waals surface area contributed by atoms with E-state index in [1.165, 1.54) is 5.56 Å². The first-order valence-corrected chi connectivity index (χ1v) is 7.01. The smallest absolute Gasteiger partial charge is 0.0766 e. The number of hydrogen-bond acceptors (Lipinski definition) is 3. The molecule has 1 N–H and O–H groups in total. The molecule has 0 saturated carbocycles. The molecule has 0 saturated heterocycles. The average Bonchev–Trinajstić information content (AvgIpc) is 2.87. The Morgan fingerprint density at radius 3 is 2.95 bits per heavy atom. The molecule has 0 aliphatic heterocycles. The summed E-state index contributed by atoms with van der Waals surface area (Å²) in [7, 11) is 1.70. The highest BCUT2D eigenvalue weighted by Gasteiger charge is 2.03. The Morgan fingerprint density at radius 1 is 1.37 bits per heavy atom. The van der Waals surface area contributed by atoms with E-state index in [9.17, 15) is 0 Å². The second kappa shape index (κ2) is 6.84. The summed E-state index contributed by atoms with van der Waals surface area (Å²) < 4.78 is 7.97. The quantitative estimate of drug-likeness (QED) is 0.831. The van der Waals surface area contributed by atoms with Gasteiger partial charge in [0.05, 0.1) is 18.0 Å². The molecule has 0 aliphatic carbocycles. The van der Waals surface area contributed by atoms with Crippen LogP contribution in [0.4, 0.5) is 0 Å². The maximum Gasteiger partial charge on any atom is 0.0766 e. The molecule has 0 spiro atoms. The molecule has 2 rings (SSSR count). The van der Waals surface area contributed by atoms with Gasteiger partial charge in [-0.25, -0.2) is 4.68 Å². The van der Waals surface area contributed by atoms with Crippen LogP contribution in [0.25, 0.3) is 5.69 Å². The fourth-order valence-electron chi connectivity index (χ4n) is 1.71. The molecule has 0 aliphatic rings. The monoisotopic (exact) mass is 323 g/mol. The summed E-state index contributed by atoms with van der Waals surface area (Å²) in [5, 5.41) is 7.82. The predicted molar refractivity (Wildman–Crippen MR) is 79.6 cm³/mol. The molecule has 0 atom stereocenters. The van der Waals surface area contributed by atoms with Gasteiger partial charge in [0.2, 0.25) is 0 Å². The van der Waals surface area contributed by atoms with Crippen LogP contribution in [0.3, 0.4) is 0 Å². The molecule has 1 aromatic carbocycles. The lowest BCUT2D eigenvalue weighted by molar-refractivity contribution is 0.199. The van der Waals surface area contributed by atoms with Gasteiger partial charge in [-0.2, -0.15) is 5.10 Å². The third kappa shape index (κ3) is 3.89. The Balaban J connectivity index is 2.01. The van der Waals surface area contributed by atoms with E-state index in [-0.39, 0.29) is 0 Å². The highest BCUT2D eigenvalue weighted by atomic mass is 79.9. The van der Waals surface area contributed by atoms with E-state index in [4.69, 9.17) is 4.74 Å². The van der Waals surface area contributed by atoms with Gasteiger partial charge in [0.15, 0.2) is 0 Å². The minimum absolute atomic E-state index is 0.714. The van der Waals surface area contributed by atoms with E-state index < -0.39 is 0 Å². The fourth-order valence-corrected chi connectivity index (χ4v) is 2.08. The molecule has 0 bridgehead atoms. The molecule has 102 valence electrons. The summed E-state index contributed by atoms with van der Waals surface area (Å²) in [6, 6.07) is 8.24. The molecule has 19 heavy (non-hydrogen) atoms. The molecule has 0 unspecified atom stereocenters. The number of aromatic nitrogens is 2. The van der Waals surface area contributed by atoms with Crippen molar-refractivity contribution in [2.24, 2.45) is 0 Å². The second-order valence-electron chi connectivity index (χ2n) is 4.35. The normalized spacial score (nSPS) is 10.9. The van der Waals surface area contributed by atoms with Gasteiger partial charge in [-0.3, -0.25) is 0 Å². The maximum absolute atomic E-state index is 4.99. The molecular weight excluding hydrogens is 306 g/mol. The first-order valence-electron chi connectivity index (χ1n) is 6.21. The van der Waals surface area contributed by atoms with Crippen LogP contribution >= 0.6 is 15.9 Å². The van der Waals surface area contributed by atoms with Crippen molar-refractivity contribution in [3.63, 3.8) is 0 Å². The van der Waals surface area contributed by atoms with E-state index in [1.54, 1.807) is 7.11 Å². The van der Waals surface area contributed by atoms with Gasteiger partial charge in [-0.1, -0.05) is 22.0 Å². The standard InChI is InChI=1S/C14H18BrN3O/c1-11-3-4-13(9-14(11)15)18-7-5-12(17-18)10-16-6-8-19-2/h3-5,7,9,16H,6,8,10H2,1-2H3.